The van der Waals surface area contributed by atoms with Crippen molar-refractivity contribution >= 4 is 57.6 Å². The summed E-state index contributed by atoms with van der Waals surface area (Å²) >= 11 is 2.07. The van der Waals surface area contributed by atoms with Crippen molar-refractivity contribution in [3.8, 4) is 5.75 Å². The maximum absolute atomic E-state index is 12.9. The minimum absolute atomic E-state index is 0.189. The Morgan fingerprint density at radius 2 is 2.11 bits per heavy atom. The van der Waals surface area contributed by atoms with Crippen LogP contribution in [0.2, 0.25) is 0 Å². The van der Waals surface area contributed by atoms with Gasteiger partial charge >= 0.3 is 12.1 Å². The van der Waals surface area contributed by atoms with Gasteiger partial charge in [-0.25, -0.2) is 4.98 Å². The highest BCUT2D eigenvalue weighted by Crippen LogP contribution is 2.27. The molecule has 1 fully saturated rings. The van der Waals surface area contributed by atoms with Crippen molar-refractivity contribution in [3.05, 3.63) is 39.5 Å². The van der Waals surface area contributed by atoms with E-state index < -0.39 is 12.1 Å². The Bertz CT molecular complexity index is 1240. The first-order chi connectivity index (χ1) is 17.2. The lowest BCUT2D eigenvalue weighted by Crippen LogP contribution is -2.39. The fourth-order valence-electron chi connectivity index (χ4n) is 3.52. The predicted molar refractivity (Wildman–Crippen MR) is 134 cm³/mol. The molecule has 4 heterocycles. The highest BCUT2D eigenvalue weighted by Gasteiger charge is 2.42. The average molecular weight is 617 g/mol. The minimum Gasteiger partial charge on any atom is -0.490 e. The zero-order valence-electron chi connectivity index (χ0n) is 19.2. The number of pyridine rings is 1. The van der Waals surface area contributed by atoms with Crippen LogP contribution in [0, 0.1) is 3.57 Å². The molecule has 1 N–H and O–H groups in total. The van der Waals surface area contributed by atoms with Crippen molar-refractivity contribution in [3.63, 3.8) is 0 Å². The van der Waals surface area contributed by atoms with Crippen LogP contribution in [-0.2, 0) is 14.3 Å². The van der Waals surface area contributed by atoms with Gasteiger partial charge < -0.3 is 19.2 Å². The molecular weight excluding hydrogens is 594 g/mol. The Hall–Kier alpha value is -2.78. The predicted octanol–water partition coefficient (Wildman–Crippen LogP) is 4.58. The molecule has 9 nitrogen and oxygen atoms in total. The molecular formula is C23H23F3IN5O4. The van der Waals surface area contributed by atoms with Gasteiger partial charge in [-0.1, -0.05) is 6.08 Å². The number of ether oxygens (including phenoxy) is 3. The van der Waals surface area contributed by atoms with E-state index in [0.29, 0.717) is 52.8 Å². The summed E-state index contributed by atoms with van der Waals surface area (Å²) in [6, 6.07) is 1.77. The van der Waals surface area contributed by atoms with Crippen LogP contribution in [0.15, 0.2) is 24.7 Å². The summed E-state index contributed by atoms with van der Waals surface area (Å²) in [5.74, 6) is -1.91. The van der Waals surface area contributed by atoms with Gasteiger partial charge in [-0.05, 0) is 59.6 Å². The third-order valence-corrected chi connectivity index (χ3v) is 6.16. The number of hydrogen-bond acceptors (Lipinski definition) is 7. The van der Waals surface area contributed by atoms with Crippen molar-refractivity contribution in [2.75, 3.05) is 31.8 Å². The van der Waals surface area contributed by atoms with Crippen LogP contribution in [0.4, 0.5) is 19.1 Å². The number of nitrogens with one attached hydrogen (secondary N) is 1. The van der Waals surface area contributed by atoms with Crippen LogP contribution in [0.25, 0.3) is 23.2 Å². The molecule has 0 saturated carbocycles. The molecule has 0 aromatic carbocycles. The summed E-state index contributed by atoms with van der Waals surface area (Å²) in [6.07, 6.45) is 5.93. The lowest BCUT2D eigenvalue weighted by molar-refractivity contribution is -0.170. The average Bonchev–Trinajstić information content (AvgIpc) is 3.25. The normalized spacial score (nSPS) is 16.5. The first kappa shape index (κ1) is 26.3. The quantitative estimate of drug-likeness (QED) is 0.292. The summed E-state index contributed by atoms with van der Waals surface area (Å²) in [5.41, 5.74) is 1.33. The monoisotopic (exact) mass is 617 g/mol. The fraction of sp³-hybridized carbons (Fsp3) is 0.391. The molecule has 1 amide bonds. The second-order valence-corrected chi connectivity index (χ2v) is 9.10. The molecule has 1 unspecified atom stereocenters. The van der Waals surface area contributed by atoms with E-state index in [1.54, 1.807) is 36.8 Å². The second-order valence-electron chi connectivity index (χ2n) is 7.93. The Morgan fingerprint density at radius 3 is 2.86 bits per heavy atom. The number of alkyl halides is 3. The summed E-state index contributed by atoms with van der Waals surface area (Å²) in [4.78, 5) is 27.4. The van der Waals surface area contributed by atoms with E-state index in [-0.39, 0.29) is 12.2 Å². The molecule has 1 saturated heterocycles. The summed E-state index contributed by atoms with van der Waals surface area (Å²) < 4.78 is 56.4. The summed E-state index contributed by atoms with van der Waals surface area (Å²) in [6.45, 7) is 1.41. The van der Waals surface area contributed by atoms with Crippen LogP contribution in [0.1, 0.15) is 30.5 Å². The van der Waals surface area contributed by atoms with Gasteiger partial charge in [-0.2, -0.15) is 18.2 Å². The zero-order chi connectivity index (χ0) is 25.7. The number of aromatic nitrogens is 4. The number of nitrogens with zero attached hydrogens (tertiary/aromatic N) is 4. The van der Waals surface area contributed by atoms with E-state index in [4.69, 9.17) is 14.2 Å². The van der Waals surface area contributed by atoms with Gasteiger partial charge in [0.2, 0.25) is 5.95 Å². The largest absolute Gasteiger partial charge is 0.490 e. The van der Waals surface area contributed by atoms with Crippen LogP contribution >= 0.6 is 22.6 Å². The number of H-pyrrole nitrogens is 1. The number of aromatic amines is 1. The molecule has 4 rings (SSSR count). The number of carbonyl (C=O) groups is 1. The lowest BCUT2D eigenvalue weighted by atomic mass is 10.2. The summed E-state index contributed by atoms with van der Waals surface area (Å²) in [5, 5.41) is 0.617. The molecule has 0 aliphatic carbocycles. The maximum atomic E-state index is 12.9. The van der Waals surface area contributed by atoms with E-state index in [2.05, 4.69) is 42.5 Å². The molecule has 1 atom stereocenters. The molecule has 1 aliphatic heterocycles. The first-order valence-electron chi connectivity index (χ1n) is 11.1. The van der Waals surface area contributed by atoms with Gasteiger partial charge in [0.05, 0.1) is 23.9 Å². The standard InChI is InChI=1S/C23H23F3IN5O4/c1-32(21(33)23(24,25)26)22-30-17(19-16(27)13-29-20(19)31-22)6-5-14-10-15(12-28-11-14)34-8-9-36-18-4-2-3-7-35-18/h5-6,10-13,18H,2-4,7-9H2,1H3,(H,29,30,31)/b6-5+. The third-order valence-electron chi connectivity index (χ3n) is 5.31. The van der Waals surface area contributed by atoms with Crippen molar-refractivity contribution in [2.45, 2.75) is 31.7 Å². The van der Waals surface area contributed by atoms with Gasteiger partial charge in [0.1, 0.15) is 18.0 Å². The molecule has 0 bridgehead atoms. The molecule has 13 heteroatoms. The van der Waals surface area contributed by atoms with E-state index >= 15 is 0 Å². The van der Waals surface area contributed by atoms with E-state index in [0.717, 1.165) is 29.9 Å². The lowest BCUT2D eigenvalue weighted by Gasteiger charge is -2.22. The van der Waals surface area contributed by atoms with Crippen LogP contribution in [0.5, 0.6) is 5.75 Å². The van der Waals surface area contributed by atoms with Crippen LogP contribution in [0.3, 0.4) is 0 Å². The SMILES string of the molecule is CN(C(=O)C(F)(F)F)c1nc(/C=C/c2cncc(OCCOC3CCCCO3)c2)c2c(I)c[nH]c2n1. The number of halogens is 4. The maximum Gasteiger partial charge on any atom is 0.471 e. The number of anilines is 1. The summed E-state index contributed by atoms with van der Waals surface area (Å²) in [7, 11) is 0.979. The number of hydrogen-bond donors (Lipinski definition) is 1. The first-order valence-corrected chi connectivity index (χ1v) is 12.2. The Kier molecular flexibility index (Phi) is 8.41. The topological polar surface area (TPSA) is 102 Å². The number of rotatable bonds is 8. The fourth-order valence-corrected chi connectivity index (χ4v) is 4.21. The van der Waals surface area contributed by atoms with Crippen LogP contribution in [-0.4, -0.2) is 65.2 Å². The molecule has 0 spiro atoms. The Balaban J connectivity index is 1.48. The van der Waals surface area contributed by atoms with Crippen molar-refractivity contribution in [1.29, 1.82) is 0 Å². The number of fused-ring (bicyclic) bond motifs is 1. The van der Waals surface area contributed by atoms with E-state index in [9.17, 15) is 18.0 Å². The third kappa shape index (κ3) is 6.50. The van der Waals surface area contributed by atoms with Gasteiger partial charge in [0.15, 0.2) is 6.29 Å². The molecule has 3 aromatic heterocycles. The van der Waals surface area contributed by atoms with Gasteiger partial charge in [-0.15, -0.1) is 0 Å². The van der Waals surface area contributed by atoms with E-state index in [1.807, 2.05) is 0 Å². The van der Waals surface area contributed by atoms with Crippen molar-refractivity contribution < 1.29 is 32.2 Å². The molecule has 3 aromatic rings. The molecule has 192 valence electrons. The number of carbonyl (C=O) groups excluding carboxylic acids is 1. The van der Waals surface area contributed by atoms with Gasteiger partial charge in [-0.3, -0.25) is 14.7 Å². The Labute approximate surface area is 218 Å². The van der Waals surface area contributed by atoms with Gasteiger partial charge in [0, 0.05) is 29.6 Å². The smallest absolute Gasteiger partial charge is 0.471 e. The van der Waals surface area contributed by atoms with E-state index in [1.165, 1.54) is 0 Å². The second kappa shape index (κ2) is 11.5. The van der Waals surface area contributed by atoms with Crippen molar-refractivity contribution in [1.82, 2.24) is 19.9 Å². The zero-order valence-corrected chi connectivity index (χ0v) is 21.4. The minimum atomic E-state index is -5.05. The van der Waals surface area contributed by atoms with Crippen molar-refractivity contribution in [2.24, 2.45) is 0 Å². The highest BCUT2D eigenvalue weighted by molar-refractivity contribution is 14.1. The highest BCUT2D eigenvalue weighted by atomic mass is 127. The molecule has 1 aliphatic rings. The molecule has 0 radical (unpaired) electrons. The van der Waals surface area contributed by atoms with Crippen LogP contribution < -0.4 is 9.64 Å². The number of amides is 1. The van der Waals surface area contributed by atoms with Gasteiger partial charge in [0.25, 0.3) is 0 Å². The Morgan fingerprint density at radius 1 is 1.28 bits per heavy atom. The molecule has 36 heavy (non-hydrogen) atoms.